The van der Waals surface area contributed by atoms with Crippen LogP contribution in [0, 0.1) is 5.82 Å². The fourth-order valence-corrected chi connectivity index (χ4v) is 5.19. The van der Waals surface area contributed by atoms with Crippen LogP contribution in [0.5, 0.6) is 0 Å². The van der Waals surface area contributed by atoms with Gasteiger partial charge in [-0.3, -0.25) is 4.72 Å². The summed E-state index contributed by atoms with van der Waals surface area (Å²) in [5.74, 6) is -0.663. The highest BCUT2D eigenvalue weighted by Crippen LogP contribution is 2.32. The van der Waals surface area contributed by atoms with Crippen molar-refractivity contribution in [2.75, 3.05) is 36.8 Å². The predicted molar refractivity (Wildman–Crippen MR) is 111 cm³/mol. The fourth-order valence-electron chi connectivity index (χ4n) is 3.21. The summed E-state index contributed by atoms with van der Waals surface area (Å²) in [6.07, 6.45) is 3.02. The van der Waals surface area contributed by atoms with Crippen molar-refractivity contribution >= 4 is 31.4 Å². The van der Waals surface area contributed by atoms with Crippen LogP contribution < -0.4 is 9.62 Å². The third kappa shape index (κ3) is 4.54. The van der Waals surface area contributed by atoms with Gasteiger partial charge in [-0.2, -0.15) is 0 Å². The molecular weight excluding hydrogens is 417 g/mol. The van der Waals surface area contributed by atoms with E-state index in [4.69, 9.17) is 0 Å². The lowest BCUT2D eigenvalue weighted by Gasteiger charge is -2.30. The average molecular weight is 442 g/mol. The molecule has 0 atom stereocenters. The Labute approximate surface area is 171 Å². The predicted octanol–water partition coefficient (Wildman–Crippen LogP) is 2.87. The van der Waals surface area contributed by atoms with E-state index in [0.717, 1.165) is 36.7 Å². The van der Waals surface area contributed by atoms with E-state index in [0.29, 0.717) is 5.69 Å². The Morgan fingerprint density at radius 2 is 1.48 bits per heavy atom. The molecule has 29 heavy (non-hydrogen) atoms. The van der Waals surface area contributed by atoms with E-state index >= 15 is 0 Å². The molecule has 0 radical (unpaired) electrons. The zero-order valence-corrected chi connectivity index (χ0v) is 17.9. The second-order valence-corrected chi connectivity index (χ2v) is 10.9. The minimum absolute atomic E-state index is 0.0265. The van der Waals surface area contributed by atoms with Gasteiger partial charge in [0.2, 0.25) is 10.0 Å². The lowest BCUT2D eigenvalue weighted by molar-refractivity contribution is 0.520. The smallest absolute Gasteiger partial charge is 0.262 e. The first-order valence-corrected chi connectivity index (χ1v) is 12.1. The van der Waals surface area contributed by atoms with Crippen LogP contribution in [0.25, 0.3) is 0 Å². The van der Waals surface area contributed by atoms with Crippen LogP contribution in [0.1, 0.15) is 19.3 Å². The SMILES string of the molecule is CN(C)S(=O)(=O)c1ccc(S(=O)(=O)Nc2c(F)cccc2N2CCCCC2)cc1. The highest BCUT2D eigenvalue weighted by atomic mass is 32.2. The van der Waals surface area contributed by atoms with Crippen LogP contribution >= 0.6 is 0 Å². The zero-order valence-electron chi connectivity index (χ0n) is 16.3. The van der Waals surface area contributed by atoms with Gasteiger partial charge in [0, 0.05) is 27.2 Å². The molecule has 2 aromatic rings. The van der Waals surface area contributed by atoms with Crippen molar-refractivity contribution in [3.8, 4) is 0 Å². The quantitative estimate of drug-likeness (QED) is 0.745. The highest BCUT2D eigenvalue weighted by molar-refractivity contribution is 7.92. The first-order valence-electron chi connectivity index (χ1n) is 9.22. The van der Waals surface area contributed by atoms with Gasteiger partial charge in [-0.15, -0.1) is 0 Å². The lowest BCUT2D eigenvalue weighted by atomic mass is 10.1. The minimum Gasteiger partial charge on any atom is -0.370 e. The maximum Gasteiger partial charge on any atom is 0.262 e. The van der Waals surface area contributed by atoms with Crippen LogP contribution in [0.4, 0.5) is 15.8 Å². The van der Waals surface area contributed by atoms with E-state index in [-0.39, 0.29) is 15.5 Å². The number of nitrogens with one attached hydrogen (secondary N) is 1. The monoisotopic (exact) mass is 441 g/mol. The molecule has 0 saturated carbocycles. The molecule has 1 heterocycles. The number of anilines is 2. The van der Waals surface area contributed by atoms with Crippen LogP contribution in [-0.2, 0) is 20.0 Å². The Morgan fingerprint density at radius 3 is 2.07 bits per heavy atom. The van der Waals surface area contributed by atoms with E-state index in [1.165, 1.54) is 44.4 Å². The lowest BCUT2D eigenvalue weighted by Crippen LogP contribution is -2.30. The van der Waals surface area contributed by atoms with Crippen molar-refractivity contribution in [2.24, 2.45) is 0 Å². The van der Waals surface area contributed by atoms with Gasteiger partial charge in [0.05, 0.1) is 15.5 Å². The van der Waals surface area contributed by atoms with E-state index < -0.39 is 25.9 Å². The third-order valence-corrected chi connectivity index (χ3v) is 8.03. The standard InChI is InChI=1S/C19H24FN3O4S2/c1-22(2)29(26,27)16-11-9-15(10-12-16)28(24,25)21-19-17(20)7-6-8-18(19)23-13-4-3-5-14-23/h6-12,21H,3-5,13-14H2,1-2H3. The molecular formula is C19H24FN3O4S2. The summed E-state index contributed by atoms with van der Waals surface area (Å²) in [7, 11) is -5.00. The van der Waals surface area contributed by atoms with E-state index in [9.17, 15) is 21.2 Å². The zero-order chi connectivity index (χ0) is 21.2. The Morgan fingerprint density at radius 1 is 0.897 bits per heavy atom. The van der Waals surface area contributed by atoms with E-state index in [2.05, 4.69) is 4.72 Å². The van der Waals surface area contributed by atoms with Crippen molar-refractivity contribution < 1.29 is 21.2 Å². The van der Waals surface area contributed by atoms with E-state index in [1.807, 2.05) is 4.90 Å². The number of sulfonamides is 2. The van der Waals surface area contributed by atoms with Gasteiger partial charge < -0.3 is 4.90 Å². The third-order valence-electron chi connectivity index (χ3n) is 4.84. The minimum atomic E-state index is -4.10. The summed E-state index contributed by atoms with van der Waals surface area (Å²) in [5.41, 5.74) is 0.402. The molecule has 0 amide bonds. The molecule has 10 heteroatoms. The summed E-state index contributed by atoms with van der Waals surface area (Å²) in [6.45, 7) is 1.46. The molecule has 0 aromatic heterocycles. The molecule has 1 N–H and O–H groups in total. The van der Waals surface area contributed by atoms with Crippen LogP contribution in [0.15, 0.2) is 52.3 Å². The molecule has 7 nitrogen and oxygen atoms in total. The summed E-state index contributed by atoms with van der Waals surface area (Å²) in [6, 6.07) is 9.28. The van der Waals surface area contributed by atoms with Crippen LogP contribution in [0.2, 0.25) is 0 Å². The molecule has 0 aliphatic carbocycles. The molecule has 1 saturated heterocycles. The Kier molecular flexibility index (Phi) is 6.16. The van der Waals surface area contributed by atoms with Gasteiger partial charge in [0.1, 0.15) is 11.5 Å². The molecule has 3 rings (SSSR count). The second-order valence-electron chi connectivity index (χ2n) is 7.05. The summed E-state index contributed by atoms with van der Waals surface area (Å²) >= 11 is 0. The van der Waals surface area contributed by atoms with Gasteiger partial charge in [0.15, 0.2) is 0 Å². The van der Waals surface area contributed by atoms with Gasteiger partial charge in [-0.25, -0.2) is 25.5 Å². The molecule has 2 aromatic carbocycles. The summed E-state index contributed by atoms with van der Waals surface area (Å²) in [5, 5.41) is 0. The Bertz CT molecular complexity index is 1080. The first kappa shape index (κ1) is 21.5. The van der Waals surface area contributed by atoms with Crippen molar-refractivity contribution in [1.29, 1.82) is 0 Å². The largest absolute Gasteiger partial charge is 0.370 e. The highest BCUT2D eigenvalue weighted by Gasteiger charge is 2.24. The number of halogens is 1. The molecule has 0 unspecified atom stereocenters. The second kappa shape index (κ2) is 8.29. The summed E-state index contributed by atoms with van der Waals surface area (Å²) in [4.78, 5) is 1.79. The van der Waals surface area contributed by atoms with Crippen LogP contribution in [-0.4, -0.2) is 48.3 Å². The molecule has 1 fully saturated rings. The molecule has 1 aliphatic heterocycles. The maximum atomic E-state index is 14.5. The topological polar surface area (TPSA) is 86.8 Å². The molecule has 0 spiro atoms. The van der Waals surface area contributed by atoms with Crippen LogP contribution in [0.3, 0.4) is 0 Å². The average Bonchev–Trinajstić information content (AvgIpc) is 2.70. The van der Waals surface area contributed by atoms with Crippen molar-refractivity contribution in [2.45, 2.75) is 29.1 Å². The molecule has 158 valence electrons. The van der Waals surface area contributed by atoms with Gasteiger partial charge >= 0.3 is 0 Å². The Balaban J connectivity index is 1.92. The number of para-hydroxylation sites is 1. The summed E-state index contributed by atoms with van der Waals surface area (Å²) < 4.78 is 67.9. The number of nitrogens with zero attached hydrogens (tertiary/aromatic N) is 2. The van der Waals surface area contributed by atoms with Gasteiger partial charge in [-0.05, 0) is 55.7 Å². The van der Waals surface area contributed by atoms with Crippen molar-refractivity contribution in [3.63, 3.8) is 0 Å². The van der Waals surface area contributed by atoms with Gasteiger partial charge in [-0.1, -0.05) is 6.07 Å². The number of hydrogen-bond donors (Lipinski definition) is 1. The van der Waals surface area contributed by atoms with Crippen molar-refractivity contribution in [3.05, 3.63) is 48.3 Å². The Hall–Kier alpha value is -2.17. The van der Waals surface area contributed by atoms with Gasteiger partial charge in [0.25, 0.3) is 10.0 Å². The van der Waals surface area contributed by atoms with E-state index in [1.54, 1.807) is 12.1 Å². The number of hydrogen-bond acceptors (Lipinski definition) is 5. The molecule has 0 bridgehead atoms. The molecule has 1 aliphatic rings. The number of rotatable bonds is 6. The normalized spacial score (nSPS) is 15.5. The maximum absolute atomic E-state index is 14.5. The number of piperidine rings is 1. The van der Waals surface area contributed by atoms with Crippen molar-refractivity contribution in [1.82, 2.24) is 4.31 Å². The fraction of sp³-hybridized carbons (Fsp3) is 0.368. The first-order chi connectivity index (χ1) is 13.6. The number of benzene rings is 2.